The first kappa shape index (κ1) is 14.4. The summed E-state index contributed by atoms with van der Waals surface area (Å²) in [6, 6.07) is -0.273. The Morgan fingerprint density at radius 2 is 2.41 bits per heavy atom. The van der Waals surface area contributed by atoms with E-state index in [0.29, 0.717) is 26.4 Å². The Balaban J connectivity index is 2.47. The van der Waals surface area contributed by atoms with Crippen LogP contribution in [0.3, 0.4) is 0 Å². The summed E-state index contributed by atoms with van der Waals surface area (Å²) in [5.74, 6) is 0.0266. The van der Waals surface area contributed by atoms with Gasteiger partial charge in [-0.15, -0.1) is 0 Å². The van der Waals surface area contributed by atoms with E-state index in [1.54, 1.807) is 7.11 Å². The fourth-order valence-corrected chi connectivity index (χ4v) is 2.02. The van der Waals surface area contributed by atoms with Gasteiger partial charge in [0.05, 0.1) is 19.8 Å². The largest absolute Gasteiger partial charge is 0.465 e. The van der Waals surface area contributed by atoms with Gasteiger partial charge in [-0.05, 0) is 19.8 Å². The standard InChI is InChI=1S/C12H23NO4/c1-3-17-12(14)11(13-6-8-15-2)10-5-4-7-16-9-10/h10-11,13H,3-9H2,1-2H3. The molecule has 1 fully saturated rings. The SMILES string of the molecule is CCOC(=O)C(NCCOC)C1CCCOC1. The highest BCUT2D eigenvalue weighted by Gasteiger charge is 2.30. The second-order valence-corrected chi connectivity index (χ2v) is 4.15. The van der Waals surface area contributed by atoms with Crippen molar-refractivity contribution in [1.29, 1.82) is 0 Å². The molecule has 0 aromatic rings. The first-order valence-electron chi connectivity index (χ1n) is 6.26. The van der Waals surface area contributed by atoms with Crippen LogP contribution in [0, 0.1) is 5.92 Å². The van der Waals surface area contributed by atoms with Crippen molar-refractivity contribution in [3.05, 3.63) is 0 Å². The minimum absolute atomic E-state index is 0.181. The fourth-order valence-electron chi connectivity index (χ4n) is 2.02. The van der Waals surface area contributed by atoms with Crippen LogP contribution in [-0.2, 0) is 19.0 Å². The van der Waals surface area contributed by atoms with E-state index in [2.05, 4.69) is 5.32 Å². The van der Waals surface area contributed by atoms with Crippen molar-refractivity contribution in [3.63, 3.8) is 0 Å². The predicted molar refractivity (Wildman–Crippen MR) is 63.8 cm³/mol. The van der Waals surface area contributed by atoms with Crippen LogP contribution in [0.25, 0.3) is 0 Å². The number of carbonyl (C=O) groups is 1. The van der Waals surface area contributed by atoms with Crippen LogP contribution < -0.4 is 5.32 Å². The van der Waals surface area contributed by atoms with Crippen molar-refractivity contribution in [2.75, 3.05) is 40.1 Å². The van der Waals surface area contributed by atoms with Crippen LogP contribution >= 0.6 is 0 Å². The van der Waals surface area contributed by atoms with Gasteiger partial charge >= 0.3 is 5.97 Å². The summed E-state index contributed by atoms with van der Waals surface area (Å²) in [7, 11) is 1.64. The highest BCUT2D eigenvalue weighted by molar-refractivity contribution is 5.76. The number of methoxy groups -OCH3 is 1. The van der Waals surface area contributed by atoms with Gasteiger partial charge in [0.2, 0.25) is 0 Å². The van der Waals surface area contributed by atoms with Crippen molar-refractivity contribution in [2.24, 2.45) is 5.92 Å². The van der Waals surface area contributed by atoms with Crippen LogP contribution in [0.5, 0.6) is 0 Å². The number of carbonyl (C=O) groups excluding carboxylic acids is 1. The summed E-state index contributed by atoms with van der Waals surface area (Å²) in [6.45, 7) is 4.89. The molecule has 0 aliphatic carbocycles. The maximum Gasteiger partial charge on any atom is 0.323 e. The van der Waals surface area contributed by atoms with Crippen molar-refractivity contribution in [2.45, 2.75) is 25.8 Å². The Morgan fingerprint density at radius 3 is 3.00 bits per heavy atom. The van der Waals surface area contributed by atoms with Gasteiger partial charge in [0.15, 0.2) is 0 Å². The Morgan fingerprint density at radius 1 is 1.59 bits per heavy atom. The topological polar surface area (TPSA) is 56.8 Å². The quantitative estimate of drug-likeness (QED) is 0.525. The lowest BCUT2D eigenvalue weighted by molar-refractivity contribution is -0.148. The molecule has 0 aromatic carbocycles. The van der Waals surface area contributed by atoms with Crippen LogP contribution in [0.2, 0.25) is 0 Å². The molecular weight excluding hydrogens is 222 g/mol. The third-order valence-electron chi connectivity index (χ3n) is 2.88. The number of nitrogens with one attached hydrogen (secondary N) is 1. The normalized spacial score (nSPS) is 22.1. The highest BCUT2D eigenvalue weighted by atomic mass is 16.5. The average molecular weight is 245 g/mol. The summed E-state index contributed by atoms with van der Waals surface area (Å²) in [4.78, 5) is 11.9. The summed E-state index contributed by atoms with van der Waals surface area (Å²) in [5, 5.41) is 3.20. The van der Waals surface area contributed by atoms with E-state index >= 15 is 0 Å². The number of ether oxygens (including phenoxy) is 3. The molecule has 5 nitrogen and oxygen atoms in total. The van der Waals surface area contributed by atoms with Crippen LogP contribution in [0.1, 0.15) is 19.8 Å². The molecule has 17 heavy (non-hydrogen) atoms. The molecule has 2 atom stereocenters. The summed E-state index contributed by atoms with van der Waals surface area (Å²) in [5.41, 5.74) is 0. The fraction of sp³-hybridized carbons (Fsp3) is 0.917. The van der Waals surface area contributed by atoms with E-state index in [1.165, 1.54) is 0 Å². The zero-order valence-corrected chi connectivity index (χ0v) is 10.7. The Bertz CT molecular complexity index is 217. The van der Waals surface area contributed by atoms with Gasteiger partial charge in [0, 0.05) is 26.2 Å². The molecule has 1 aliphatic heterocycles. The van der Waals surface area contributed by atoms with E-state index in [-0.39, 0.29) is 17.9 Å². The van der Waals surface area contributed by atoms with E-state index in [4.69, 9.17) is 14.2 Å². The molecule has 5 heteroatoms. The Kier molecular flexibility index (Phi) is 7.16. The Labute approximate surface area is 103 Å². The lowest BCUT2D eigenvalue weighted by atomic mass is 9.93. The third kappa shape index (κ3) is 5.02. The highest BCUT2D eigenvalue weighted by Crippen LogP contribution is 2.18. The predicted octanol–water partition coefficient (Wildman–Crippen LogP) is 0.581. The smallest absolute Gasteiger partial charge is 0.323 e. The van der Waals surface area contributed by atoms with Gasteiger partial charge in [-0.25, -0.2) is 0 Å². The second-order valence-electron chi connectivity index (χ2n) is 4.15. The minimum Gasteiger partial charge on any atom is -0.465 e. The van der Waals surface area contributed by atoms with Crippen molar-refractivity contribution >= 4 is 5.97 Å². The molecule has 1 saturated heterocycles. The number of hydrogen-bond acceptors (Lipinski definition) is 5. The molecule has 0 saturated carbocycles. The zero-order chi connectivity index (χ0) is 12.5. The van der Waals surface area contributed by atoms with Gasteiger partial charge in [-0.1, -0.05) is 0 Å². The molecule has 2 unspecified atom stereocenters. The molecule has 1 rings (SSSR count). The van der Waals surface area contributed by atoms with Gasteiger partial charge in [-0.3, -0.25) is 4.79 Å². The average Bonchev–Trinajstić information content (AvgIpc) is 2.36. The molecule has 0 bridgehead atoms. The van der Waals surface area contributed by atoms with Crippen LogP contribution in [0.15, 0.2) is 0 Å². The Hall–Kier alpha value is -0.650. The summed E-state index contributed by atoms with van der Waals surface area (Å²) >= 11 is 0. The second kappa shape index (κ2) is 8.44. The monoisotopic (exact) mass is 245 g/mol. The first-order chi connectivity index (χ1) is 8.29. The molecule has 0 radical (unpaired) electrons. The number of rotatable bonds is 7. The van der Waals surface area contributed by atoms with Crippen molar-refractivity contribution in [3.8, 4) is 0 Å². The molecule has 100 valence electrons. The molecule has 1 N–H and O–H groups in total. The zero-order valence-electron chi connectivity index (χ0n) is 10.7. The molecule has 0 spiro atoms. The lowest BCUT2D eigenvalue weighted by Gasteiger charge is -2.29. The molecule has 0 amide bonds. The van der Waals surface area contributed by atoms with E-state index in [9.17, 15) is 4.79 Å². The number of esters is 1. The van der Waals surface area contributed by atoms with Crippen molar-refractivity contribution < 1.29 is 19.0 Å². The van der Waals surface area contributed by atoms with Crippen molar-refractivity contribution in [1.82, 2.24) is 5.32 Å². The first-order valence-corrected chi connectivity index (χ1v) is 6.26. The van der Waals surface area contributed by atoms with E-state index in [1.807, 2.05) is 6.92 Å². The maximum absolute atomic E-state index is 11.9. The van der Waals surface area contributed by atoms with Gasteiger partial charge < -0.3 is 19.5 Å². The van der Waals surface area contributed by atoms with E-state index < -0.39 is 0 Å². The molecule has 0 aromatic heterocycles. The summed E-state index contributed by atoms with van der Waals surface area (Å²) in [6.07, 6.45) is 2.01. The summed E-state index contributed by atoms with van der Waals surface area (Å²) < 4.78 is 15.5. The molecule has 1 aliphatic rings. The molecule has 1 heterocycles. The molecular formula is C12H23NO4. The van der Waals surface area contributed by atoms with Gasteiger partial charge in [0.25, 0.3) is 0 Å². The van der Waals surface area contributed by atoms with Crippen LogP contribution in [-0.4, -0.2) is 52.1 Å². The third-order valence-corrected chi connectivity index (χ3v) is 2.88. The van der Waals surface area contributed by atoms with Crippen LogP contribution in [0.4, 0.5) is 0 Å². The number of hydrogen-bond donors (Lipinski definition) is 1. The van der Waals surface area contributed by atoms with Gasteiger partial charge in [-0.2, -0.15) is 0 Å². The minimum atomic E-state index is -0.273. The van der Waals surface area contributed by atoms with Gasteiger partial charge in [0.1, 0.15) is 6.04 Å². The van der Waals surface area contributed by atoms with E-state index in [0.717, 1.165) is 19.4 Å². The maximum atomic E-state index is 11.9. The lowest BCUT2D eigenvalue weighted by Crippen LogP contribution is -2.47.